The van der Waals surface area contributed by atoms with E-state index < -0.39 is 0 Å². The van der Waals surface area contributed by atoms with Crippen molar-refractivity contribution >= 4 is 0 Å². The molecule has 3 rings (SSSR count). The highest BCUT2D eigenvalue weighted by Crippen LogP contribution is 2.25. The Labute approximate surface area is 104 Å². The first kappa shape index (κ1) is 10.7. The van der Waals surface area contributed by atoms with Gasteiger partial charge in [0.25, 0.3) is 0 Å². The van der Waals surface area contributed by atoms with Gasteiger partial charge in [-0.3, -0.25) is 0 Å². The van der Waals surface area contributed by atoms with Crippen LogP contribution in [0.25, 0.3) is 22.6 Å². The molecule has 0 bridgehead atoms. The summed E-state index contributed by atoms with van der Waals surface area (Å²) in [6, 6.07) is 17.8. The van der Waals surface area contributed by atoms with Crippen LogP contribution in [0.3, 0.4) is 0 Å². The van der Waals surface area contributed by atoms with E-state index >= 15 is 0 Å². The first-order chi connectivity index (χ1) is 8.83. The third-order valence-corrected chi connectivity index (χ3v) is 2.71. The number of aromatic nitrogens is 1. The van der Waals surface area contributed by atoms with E-state index in [-0.39, 0.29) is 5.82 Å². The molecule has 0 radical (unpaired) electrons. The predicted octanol–water partition coefficient (Wildman–Crippen LogP) is 4.15. The number of nitrogens with zero attached hydrogens (tertiary/aromatic N) is 1. The molecule has 2 nitrogen and oxygen atoms in total. The largest absolute Gasteiger partial charge is 0.356 e. The minimum Gasteiger partial charge on any atom is -0.356 e. The van der Waals surface area contributed by atoms with Crippen LogP contribution in [-0.2, 0) is 0 Å². The van der Waals surface area contributed by atoms with Gasteiger partial charge in [-0.2, -0.15) is 0 Å². The maximum absolute atomic E-state index is 12.8. The van der Waals surface area contributed by atoms with Crippen LogP contribution >= 0.6 is 0 Å². The van der Waals surface area contributed by atoms with Crippen molar-refractivity contribution in [2.75, 3.05) is 0 Å². The smallest absolute Gasteiger partial charge is 0.167 e. The van der Waals surface area contributed by atoms with Crippen molar-refractivity contribution in [2.45, 2.75) is 0 Å². The summed E-state index contributed by atoms with van der Waals surface area (Å²) in [4.78, 5) is 0. The Bertz CT molecular complexity index is 644. The van der Waals surface area contributed by atoms with E-state index in [9.17, 15) is 4.39 Å². The van der Waals surface area contributed by atoms with E-state index in [1.54, 1.807) is 12.1 Å². The zero-order valence-corrected chi connectivity index (χ0v) is 9.51. The summed E-state index contributed by atoms with van der Waals surface area (Å²) in [6.07, 6.45) is 0. The fraction of sp³-hybridized carbons (Fsp3) is 0. The van der Waals surface area contributed by atoms with Crippen molar-refractivity contribution in [3.8, 4) is 22.6 Å². The topological polar surface area (TPSA) is 26.0 Å². The molecule has 0 saturated heterocycles. The van der Waals surface area contributed by atoms with Gasteiger partial charge >= 0.3 is 0 Å². The van der Waals surface area contributed by atoms with Crippen molar-refractivity contribution in [1.29, 1.82) is 0 Å². The molecule has 0 N–H and O–H groups in total. The highest BCUT2D eigenvalue weighted by Gasteiger charge is 2.08. The van der Waals surface area contributed by atoms with Crippen LogP contribution < -0.4 is 0 Å². The van der Waals surface area contributed by atoms with Gasteiger partial charge in [0.15, 0.2) is 5.76 Å². The van der Waals surface area contributed by atoms with Gasteiger partial charge in [-0.15, -0.1) is 0 Å². The van der Waals surface area contributed by atoms with Crippen LogP contribution in [0.15, 0.2) is 65.2 Å². The fourth-order valence-corrected chi connectivity index (χ4v) is 1.77. The molecule has 2 aromatic carbocycles. The van der Waals surface area contributed by atoms with Gasteiger partial charge in [-0.05, 0) is 24.3 Å². The summed E-state index contributed by atoms with van der Waals surface area (Å²) in [5.74, 6) is 0.371. The van der Waals surface area contributed by atoms with Crippen LogP contribution in [-0.4, -0.2) is 5.16 Å². The number of halogens is 1. The van der Waals surface area contributed by atoms with Crippen molar-refractivity contribution in [3.63, 3.8) is 0 Å². The maximum atomic E-state index is 12.8. The van der Waals surface area contributed by atoms with E-state index in [0.717, 1.165) is 16.8 Å². The van der Waals surface area contributed by atoms with Crippen LogP contribution in [0.1, 0.15) is 0 Å². The monoisotopic (exact) mass is 239 g/mol. The van der Waals surface area contributed by atoms with E-state index in [2.05, 4.69) is 5.16 Å². The highest BCUT2D eigenvalue weighted by molar-refractivity contribution is 5.66. The van der Waals surface area contributed by atoms with Crippen LogP contribution in [0.4, 0.5) is 4.39 Å². The molecular weight excluding hydrogens is 229 g/mol. The molecule has 0 amide bonds. The van der Waals surface area contributed by atoms with Gasteiger partial charge < -0.3 is 4.52 Å². The minimum atomic E-state index is -0.262. The van der Waals surface area contributed by atoms with Crippen molar-refractivity contribution < 1.29 is 8.91 Å². The van der Waals surface area contributed by atoms with Gasteiger partial charge in [-0.1, -0.05) is 35.5 Å². The molecule has 0 spiro atoms. The number of hydrogen-bond acceptors (Lipinski definition) is 2. The average Bonchev–Trinajstić information content (AvgIpc) is 2.90. The molecule has 0 unspecified atom stereocenters. The van der Waals surface area contributed by atoms with E-state index in [4.69, 9.17) is 4.52 Å². The summed E-state index contributed by atoms with van der Waals surface area (Å²) in [5, 5.41) is 4.02. The lowest BCUT2D eigenvalue weighted by molar-refractivity contribution is 0.435. The summed E-state index contributed by atoms with van der Waals surface area (Å²) in [6.45, 7) is 0. The quantitative estimate of drug-likeness (QED) is 0.671. The van der Waals surface area contributed by atoms with E-state index in [0.29, 0.717) is 5.76 Å². The number of benzene rings is 2. The van der Waals surface area contributed by atoms with Crippen molar-refractivity contribution in [3.05, 3.63) is 66.5 Å². The Kier molecular flexibility index (Phi) is 2.65. The average molecular weight is 239 g/mol. The molecule has 0 fully saturated rings. The summed E-state index contributed by atoms with van der Waals surface area (Å²) < 4.78 is 18.1. The zero-order chi connectivity index (χ0) is 12.4. The molecule has 0 aliphatic heterocycles. The van der Waals surface area contributed by atoms with Gasteiger partial charge in [0.2, 0.25) is 0 Å². The van der Waals surface area contributed by atoms with Crippen molar-refractivity contribution in [2.24, 2.45) is 0 Å². The molecule has 88 valence electrons. The molecular formula is C15H10FNO. The van der Waals surface area contributed by atoms with Gasteiger partial charge in [0.1, 0.15) is 11.5 Å². The normalized spacial score (nSPS) is 10.5. The molecule has 1 aromatic heterocycles. The molecule has 0 aliphatic rings. The van der Waals surface area contributed by atoms with Gasteiger partial charge in [-0.25, -0.2) is 4.39 Å². The first-order valence-corrected chi connectivity index (χ1v) is 5.61. The second-order valence-corrected chi connectivity index (χ2v) is 3.95. The molecule has 0 atom stereocenters. The lowest BCUT2D eigenvalue weighted by atomic mass is 10.1. The summed E-state index contributed by atoms with van der Waals surface area (Å²) in [7, 11) is 0. The number of rotatable bonds is 2. The summed E-state index contributed by atoms with van der Waals surface area (Å²) in [5.41, 5.74) is 2.58. The molecule has 1 heterocycles. The van der Waals surface area contributed by atoms with Crippen LogP contribution in [0.5, 0.6) is 0 Å². The molecule has 3 aromatic rings. The van der Waals surface area contributed by atoms with E-state index in [1.807, 2.05) is 36.4 Å². The first-order valence-electron chi connectivity index (χ1n) is 5.61. The lowest BCUT2D eigenvalue weighted by Crippen LogP contribution is -1.75. The fourth-order valence-electron chi connectivity index (χ4n) is 1.77. The van der Waals surface area contributed by atoms with Crippen molar-refractivity contribution in [1.82, 2.24) is 5.16 Å². The van der Waals surface area contributed by atoms with Crippen LogP contribution in [0, 0.1) is 5.82 Å². The molecule has 0 saturated carbocycles. The Hall–Kier alpha value is -2.42. The summed E-state index contributed by atoms with van der Waals surface area (Å²) >= 11 is 0. The standard InChI is InChI=1S/C15H10FNO/c16-13-8-6-12(7-9-13)15-10-14(17-18-15)11-4-2-1-3-5-11/h1-10H. The molecule has 18 heavy (non-hydrogen) atoms. The Morgan fingerprint density at radius 2 is 1.56 bits per heavy atom. The predicted molar refractivity (Wildman–Crippen MR) is 67.3 cm³/mol. The number of hydrogen-bond donors (Lipinski definition) is 0. The van der Waals surface area contributed by atoms with Gasteiger partial charge in [0.05, 0.1) is 0 Å². The Morgan fingerprint density at radius 1 is 0.833 bits per heavy atom. The second kappa shape index (κ2) is 4.45. The minimum absolute atomic E-state index is 0.262. The third kappa shape index (κ3) is 2.02. The second-order valence-electron chi connectivity index (χ2n) is 3.95. The van der Waals surface area contributed by atoms with Gasteiger partial charge in [0, 0.05) is 17.2 Å². The molecule has 0 aliphatic carbocycles. The zero-order valence-electron chi connectivity index (χ0n) is 9.51. The maximum Gasteiger partial charge on any atom is 0.167 e. The third-order valence-electron chi connectivity index (χ3n) is 2.71. The van der Waals surface area contributed by atoms with Crippen LogP contribution in [0.2, 0.25) is 0 Å². The highest BCUT2D eigenvalue weighted by atomic mass is 19.1. The molecule has 3 heteroatoms. The van der Waals surface area contributed by atoms with E-state index in [1.165, 1.54) is 12.1 Å². The Morgan fingerprint density at radius 3 is 2.28 bits per heavy atom. The SMILES string of the molecule is Fc1ccc(-c2cc(-c3ccccc3)no2)cc1. The Balaban J connectivity index is 1.97. The lowest BCUT2D eigenvalue weighted by Gasteiger charge is -1.93.